The van der Waals surface area contributed by atoms with Gasteiger partial charge in [-0.1, -0.05) is 0 Å². The summed E-state index contributed by atoms with van der Waals surface area (Å²) in [6.07, 6.45) is -0.449. The summed E-state index contributed by atoms with van der Waals surface area (Å²) >= 11 is 0. The Labute approximate surface area is 43.9 Å². The summed E-state index contributed by atoms with van der Waals surface area (Å²) < 4.78 is 0. The van der Waals surface area contributed by atoms with Crippen molar-refractivity contribution in [3.8, 4) is 0 Å². The van der Waals surface area contributed by atoms with E-state index in [2.05, 4.69) is 5.43 Å². The Hall–Kier alpha value is -0.120. The first-order valence-corrected chi connectivity index (χ1v) is 2.24. The molecule has 3 heteroatoms. The molecule has 1 atom stereocenters. The smallest absolute Gasteiger partial charge is 0.114 e. The van der Waals surface area contributed by atoms with Crippen LogP contribution in [0, 0.1) is 0 Å². The van der Waals surface area contributed by atoms with E-state index in [-0.39, 0.29) is 0 Å². The molecule has 0 aliphatic carbocycles. The lowest BCUT2D eigenvalue weighted by Gasteiger charge is -2.13. The van der Waals surface area contributed by atoms with Crippen molar-refractivity contribution in [1.29, 1.82) is 0 Å². The van der Waals surface area contributed by atoms with Gasteiger partial charge in [-0.15, -0.1) is 0 Å². The Balaban J connectivity index is 2.95. The first-order valence-electron chi connectivity index (χ1n) is 2.24. The minimum Gasteiger partial charge on any atom is -0.378 e. The maximum Gasteiger partial charge on any atom is 0.114 e. The van der Waals surface area contributed by atoms with E-state index in [4.69, 9.17) is 5.11 Å². The molecule has 0 heterocycles. The Morgan fingerprint density at radius 1 is 1.57 bits per heavy atom. The van der Waals surface area contributed by atoms with Crippen molar-refractivity contribution in [2.24, 2.45) is 0 Å². The fraction of sp³-hybridized carbons (Fsp3) is 1.00. The molecular weight excluding hydrogens is 92.1 g/mol. The van der Waals surface area contributed by atoms with Gasteiger partial charge in [-0.05, 0) is 6.92 Å². The summed E-state index contributed by atoms with van der Waals surface area (Å²) in [5, 5.41) is 10.3. The van der Waals surface area contributed by atoms with Crippen LogP contribution in [0.5, 0.6) is 0 Å². The molecule has 0 saturated heterocycles. The molecule has 0 spiro atoms. The van der Waals surface area contributed by atoms with E-state index in [9.17, 15) is 0 Å². The molecule has 1 unspecified atom stereocenters. The van der Waals surface area contributed by atoms with Crippen molar-refractivity contribution in [2.75, 3.05) is 14.1 Å². The number of rotatable bonds is 2. The molecule has 0 aromatic rings. The van der Waals surface area contributed by atoms with Gasteiger partial charge in [0.2, 0.25) is 0 Å². The van der Waals surface area contributed by atoms with Crippen LogP contribution in [-0.2, 0) is 0 Å². The quantitative estimate of drug-likeness (QED) is 0.362. The van der Waals surface area contributed by atoms with E-state index >= 15 is 0 Å². The van der Waals surface area contributed by atoms with Crippen molar-refractivity contribution >= 4 is 0 Å². The van der Waals surface area contributed by atoms with Crippen LogP contribution in [0.1, 0.15) is 6.92 Å². The second-order valence-corrected chi connectivity index (χ2v) is 1.70. The van der Waals surface area contributed by atoms with Gasteiger partial charge in [0.25, 0.3) is 0 Å². The van der Waals surface area contributed by atoms with E-state index in [1.165, 1.54) is 0 Å². The van der Waals surface area contributed by atoms with Crippen molar-refractivity contribution in [3.05, 3.63) is 0 Å². The van der Waals surface area contributed by atoms with E-state index in [1.54, 1.807) is 11.9 Å². The summed E-state index contributed by atoms with van der Waals surface area (Å²) in [5.41, 5.74) is 2.69. The summed E-state index contributed by atoms with van der Waals surface area (Å²) in [5.74, 6) is 0. The second-order valence-electron chi connectivity index (χ2n) is 1.70. The van der Waals surface area contributed by atoms with Gasteiger partial charge < -0.3 is 5.11 Å². The molecule has 0 aromatic carbocycles. The highest BCUT2D eigenvalue weighted by Gasteiger charge is 1.90. The fourth-order valence-corrected chi connectivity index (χ4v) is 0.374. The van der Waals surface area contributed by atoms with E-state index < -0.39 is 6.23 Å². The molecule has 0 rings (SSSR count). The molecule has 44 valence electrons. The Morgan fingerprint density at radius 3 is 2.00 bits per heavy atom. The minimum absolute atomic E-state index is 0.449. The third-order valence-corrected chi connectivity index (χ3v) is 0.445. The Bertz CT molecular complexity index is 39.0. The van der Waals surface area contributed by atoms with Crippen molar-refractivity contribution < 1.29 is 5.11 Å². The maximum atomic E-state index is 8.57. The molecule has 7 heavy (non-hydrogen) atoms. The number of aliphatic hydroxyl groups is 1. The monoisotopic (exact) mass is 104 g/mol. The Kier molecular flexibility index (Phi) is 2.91. The van der Waals surface area contributed by atoms with E-state index in [0.717, 1.165) is 0 Å². The van der Waals surface area contributed by atoms with Crippen molar-refractivity contribution in [2.45, 2.75) is 13.2 Å². The number of nitrogens with zero attached hydrogens (tertiary/aromatic N) is 1. The van der Waals surface area contributed by atoms with Gasteiger partial charge >= 0.3 is 0 Å². The van der Waals surface area contributed by atoms with Gasteiger partial charge in [-0.2, -0.15) is 0 Å². The second kappa shape index (κ2) is 2.96. The van der Waals surface area contributed by atoms with Gasteiger partial charge in [0.1, 0.15) is 6.23 Å². The normalized spacial score (nSPS) is 15.0. The van der Waals surface area contributed by atoms with Gasteiger partial charge in [0.05, 0.1) is 0 Å². The lowest BCUT2D eigenvalue weighted by molar-refractivity contribution is 0.0786. The third kappa shape index (κ3) is 5.88. The molecule has 3 nitrogen and oxygen atoms in total. The van der Waals surface area contributed by atoms with Crippen LogP contribution >= 0.6 is 0 Å². The van der Waals surface area contributed by atoms with Crippen LogP contribution in [0.25, 0.3) is 0 Å². The average Bonchev–Trinajstić information content (AvgIpc) is 1.27. The zero-order valence-corrected chi connectivity index (χ0v) is 4.97. The number of hydrogen-bond donors (Lipinski definition) is 2. The predicted octanol–water partition coefficient (Wildman–Crippen LogP) is -0.609. The largest absolute Gasteiger partial charge is 0.378 e. The molecule has 0 saturated carbocycles. The zero-order valence-electron chi connectivity index (χ0n) is 4.97. The van der Waals surface area contributed by atoms with Crippen LogP contribution in [-0.4, -0.2) is 30.4 Å². The Morgan fingerprint density at radius 2 is 2.00 bits per heavy atom. The highest BCUT2D eigenvalue weighted by atomic mass is 16.3. The average molecular weight is 104 g/mol. The van der Waals surface area contributed by atoms with Crippen LogP contribution in [0.4, 0.5) is 0 Å². The van der Waals surface area contributed by atoms with Crippen LogP contribution in [0.15, 0.2) is 0 Å². The molecule has 0 fully saturated rings. The van der Waals surface area contributed by atoms with Crippen LogP contribution < -0.4 is 5.43 Å². The highest BCUT2D eigenvalue weighted by molar-refractivity contribution is 4.33. The number of hydrogen-bond acceptors (Lipinski definition) is 3. The molecular formula is C4H12N2O. The lowest BCUT2D eigenvalue weighted by Crippen LogP contribution is -2.37. The van der Waals surface area contributed by atoms with Gasteiger partial charge in [0.15, 0.2) is 0 Å². The predicted molar refractivity (Wildman–Crippen MR) is 28.5 cm³/mol. The SMILES string of the molecule is CC(O)NN(C)C. The molecule has 0 aliphatic rings. The standard InChI is InChI=1S/C4H12N2O/c1-4(7)5-6(2)3/h4-5,7H,1-3H3. The molecule has 0 amide bonds. The summed E-state index contributed by atoms with van der Waals surface area (Å²) in [6, 6.07) is 0. The molecule has 0 radical (unpaired) electrons. The first-order chi connectivity index (χ1) is 3.13. The maximum absolute atomic E-state index is 8.57. The highest BCUT2D eigenvalue weighted by Crippen LogP contribution is 1.69. The third-order valence-electron chi connectivity index (χ3n) is 0.445. The van der Waals surface area contributed by atoms with E-state index in [0.29, 0.717) is 0 Å². The number of hydrazine groups is 1. The van der Waals surface area contributed by atoms with Gasteiger partial charge in [0, 0.05) is 14.1 Å². The number of nitrogens with one attached hydrogen (secondary N) is 1. The molecule has 0 bridgehead atoms. The summed E-state index contributed by atoms with van der Waals surface area (Å²) in [6.45, 7) is 1.67. The van der Waals surface area contributed by atoms with Crippen LogP contribution in [0.3, 0.4) is 0 Å². The van der Waals surface area contributed by atoms with Gasteiger partial charge in [-0.3, -0.25) is 0 Å². The zero-order chi connectivity index (χ0) is 5.86. The van der Waals surface area contributed by atoms with E-state index in [1.807, 2.05) is 14.1 Å². The van der Waals surface area contributed by atoms with Crippen LogP contribution in [0.2, 0.25) is 0 Å². The van der Waals surface area contributed by atoms with Crippen molar-refractivity contribution in [3.63, 3.8) is 0 Å². The molecule has 2 N–H and O–H groups in total. The fourth-order valence-electron chi connectivity index (χ4n) is 0.374. The van der Waals surface area contributed by atoms with Gasteiger partial charge in [-0.25, -0.2) is 10.4 Å². The van der Waals surface area contributed by atoms with Crippen molar-refractivity contribution in [1.82, 2.24) is 10.4 Å². The first kappa shape index (κ1) is 6.88. The lowest BCUT2D eigenvalue weighted by atomic mass is 10.7. The minimum atomic E-state index is -0.449. The molecule has 0 aromatic heterocycles. The summed E-state index contributed by atoms with van der Waals surface area (Å²) in [7, 11) is 3.65. The molecule has 0 aliphatic heterocycles. The summed E-state index contributed by atoms with van der Waals surface area (Å²) in [4.78, 5) is 0. The topological polar surface area (TPSA) is 35.5 Å². The number of aliphatic hydroxyl groups excluding tert-OH is 1.